The van der Waals surface area contributed by atoms with Gasteiger partial charge in [0.25, 0.3) is 0 Å². The van der Waals surface area contributed by atoms with Gasteiger partial charge in [0.1, 0.15) is 0 Å². The molecule has 2 heteroatoms. The van der Waals surface area contributed by atoms with E-state index in [2.05, 4.69) is 43.5 Å². The largest absolute Gasteiger partial charge is 0.179 e. The fourth-order valence-corrected chi connectivity index (χ4v) is 1.31. The van der Waals surface area contributed by atoms with Crippen LogP contribution in [0.2, 0.25) is 0 Å². The number of thiol groups is 2. The van der Waals surface area contributed by atoms with Crippen LogP contribution in [-0.4, -0.2) is 5.75 Å². The minimum Gasteiger partial charge on any atom is -0.179 e. The molecule has 0 aliphatic heterocycles. The van der Waals surface area contributed by atoms with Gasteiger partial charge in [-0.3, -0.25) is 0 Å². The van der Waals surface area contributed by atoms with E-state index in [1.807, 2.05) is 18.2 Å². The van der Waals surface area contributed by atoms with Gasteiger partial charge in [-0.1, -0.05) is 24.3 Å². The zero-order valence-electron chi connectivity index (χ0n) is 6.77. The van der Waals surface area contributed by atoms with Crippen LogP contribution in [0.1, 0.15) is 12.0 Å². The summed E-state index contributed by atoms with van der Waals surface area (Å²) in [5, 5.41) is 0. The SMILES string of the molecule is SCCC=Cc1cccc(S)c1. The summed E-state index contributed by atoms with van der Waals surface area (Å²) in [5.74, 6) is 0.900. The molecule has 0 atom stereocenters. The quantitative estimate of drug-likeness (QED) is 0.681. The zero-order valence-corrected chi connectivity index (χ0v) is 8.56. The number of rotatable bonds is 3. The highest BCUT2D eigenvalue weighted by Gasteiger charge is 1.86. The van der Waals surface area contributed by atoms with Crippen LogP contribution in [0.5, 0.6) is 0 Å². The molecule has 0 fully saturated rings. The Morgan fingerprint density at radius 3 is 2.83 bits per heavy atom. The van der Waals surface area contributed by atoms with Crippen LogP contribution in [0.4, 0.5) is 0 Å². The minimum absolute atomic E-state index is 0.900. The van der Waals surface area contributed by atoms with Crippen molar-refractivity contribution in [1.82, 2.24) is 0 Å². The Labute approximate surface area is 84.5 Å². The second-order valence-corrected chi connectivity index (χ2v) is 3.47. The summed E-state index contributed by atoms with van der Waals surface area (Å²) < 4.78 is 0. The lowest BCUT2D eigenvalue weighted by molar-refractivity contribution is 1.26. The minimum atomic E-state index is 0.900. The predicted molar refractivity (Wildman–Crippen MR) is 61.2 cm³/mol. The Morgan fingerprint density at radius 2 is 2.17 bits per heavy atom. The van der Waals surface area contributed by atoms with Crippen LogP contribution in [0, 0.1) is 0 Å². The van der Waals surface area contributed by atoms with Crippen molar-refractivity contribution in [3.63, 3.8) is 0 Å². The molecule has 0 heterocycles. The molecule has 0 unspecified atom stereocenters. The van der Waals surface area contributed by atoms with Crippen LogP contribution < -0.4 is 0 Å². The van der Waals surface area contributed by atoms with Crippen LogP contribution in [0.3, 0.4) is 0 Å². The molecule has 0 aromatic heterocycles. The molecule has 0 saturated carbocycles. The fraction of sp³-hybridized carbons (Fsp3) is 0.200. The predicted octanol–water partition coefficient (Wildman–Crippen LogP) is 3.31. The molecule has 0 spiro atoms. The first kappa shape index (κ1) is 9.75. The molecule has 12 heavy (non-hydrogen) atoms. The summed E-state index contributed by atoms with van der Waals surface area (Å²) in [5.41, 5.74) is 1.20. The lowest BCUT2D eigenvalue weighted by Gasteiger charge is -1.93. The normalized spacial score (nSPS) is 10.8. The van der Waals surface area contributed by atoms with E-state index in [1.54, 1.807) is 0 Å². The van der Waals surface area contributed by atoms with Crippen LogP contribution in [0.25, 0.3) is 6.08 Å². The molecule has 1 aromatic rings. The average Bonchev–Trinajstić information content (AvgIpc) is 2.05. The molecule has 0 radical (unpaired) electrons. The highest BCUT2D eigenvalue weighted by atomic mass is 32.1. The highest BCUT2D eigenvalue weighted by Crippen LogP contribution is 2.10. The molecule has 0 aliphatic carbocycles. The first-order valence-electron chi connectivity index (χ1n) is 3.89. The van der Waals surface area contributed by atoms with Crippen molar-refractivity contribution in [2.75, 3.05) is 5.75 Å². The van der Waals surface area contributed by atoms with Gasteiger partial charge < -0.3 is 0 Å². The van der Waals surface area contributed by atoms with E-state index >= 15 is 0 Å². The molecule has 64 valence electrons. The smallest absolute Gasteiger partial charge is 0.00459 e. The van der Waals surface area contributed by atoms with Gasteiger partial charge in [0.15, 0.2) is 0 Å². The molecule has 0 bridgehead atoms. The van der Waals surface area contributed by atoms with Gasteiger partial charge in [-0.05, 0) is 29.9 Å². The van der Waals surface area contributed by atoms with E-state index in [4.69, 9.17) is 0 Å². The first-order valence-corrected chi connectivity index (χ1v) is 4.97. The molecule has 1 rings (SSSR count). The van der Waals surface area contributed by atoms with Gasteiger partial charge in [0, 0.05) is 4.90 Å². The number of benzene rings is 1. The fourth-order valence-electron chi connectivity index (χ4n) is 0.922. The van der Waals surface area contributed by atoms with Crippen LogP contribution >= 0.6 is 25.3 Å². The molecule has 0 amide bonds. The van der Waals surface area contributed by atoms with Gasteiger partial charge in [-0.2, -0.15) is 12.6 Å². The van der Waals surface area contributed by atoms with Crippen molar-refractivity contribution in [2.45, 2.75) is 11.3 Å². The summed E-state index contributed by atoms with van der Waals surface area (Å²) in [6, 6.07) is 8.08. The van der Waals surface area contributed by atoms with Crippen molar-refractivity contribution in [3.8, 4) is 0 Å². The number of allylic oxidation sites excluding steroid dienone is 1. The Bertz CT molecular complexity index is 266. The van der Waals surface area contributed by atoms with Gasteiger partial charge in [-0.15, -0.1) is 12.6 Å². The third-order valence-electron chi connectivity index (χ3n) is 1.48. The van der Waals surface area contributed by atoms with Crippen molar-refractivity contribution >= 4 is 31.3 Å². The standard InChI is InChI=1S/C10H12S2/c11-7-2-1-4-9-5-3-6-10(12)8-9/h1,3-6,8,11-12H,2,7H2. The van der Waals surface area contributed by atoms with Crippen molar-refractivity contribution in [2.24, 2.45) is 0 Å². The van der Waals surface area contributed by atoms with Crippen molar-refractivity contribution in [3.05, 3.63) is 35.9 Å². The molecule has 0 nitrogen and oxygen atoms in total. The Kier molecular flexibility index (Phi) is 4.33. The maximum Gasteiger partial charge on any atom is 0.00459 e. The molecule has 0 aliphatic rings. The summed E-state index contributed by atoms with van der Waals surface area (Å²) in [6.45, 7) is 0. The topological polar surface area (TPSA) is 0 Å². The second kappa shape index (κ2) is 5.33. The third kappa shape index (κ3) is 3.37. The molecule has 0 saturated heterocycles. The summed E-state index contributed by atoms with van der Waals surface area (Å²) in [4.78, 5) is 1.00. The van der Waals surface area contributed by atoms with Gasteiger partial charge in [-0.25, -0.2) is 0 Å². The number of hydrogen-bond acceptors (Lipinski definition) is 2. The summed E-state index contributed by atoms with van der Waals surface area (Å²) >= 11 is 8.37. The molecule has 0 N–H and O–H groups in total. The maximum atomic E-state index is 4.25. The van der Waals surface area contributed by atoms with Gasteiger partial charge >= 0.3 is 0 Å². The Balaban J connectivity index is 2.63. The lowest BCUT2D eigenvalue weighted by atomic mass is 10.2. The lowest BCUT2D eigenvalue weighted by Crippen LogP contribution is -1.72. The van der Waals surface area contributed by atoms with E-state index in [1.165, 1.54) is 5.56 Å². The van der Waals surface area contributed by atoms with E-state index in [-0.39, 0.29) is 0 Å². The molecular formula is C10H12S2. The molecular weight excluding hydrogens is 184 g/mol. The van der Waals surface area contributed by atoms with Crippen LogP contribution in [0.15, 0.2) is 35.2 Å². The highest BCUT2D eigenvalue weighted by molar-refractivity contribution is 7.80. The van der Waals surface area contributed by atoms with Gasteiger partial charge in [0.2, 0.25) is 0 Å². The third-order valence-corrected chi connectivity index (χ3v) is 2.01. The van der Waals surface area contributed by atoms with E-state index in [0.29, 0.717) is 0 Å². The molecule has 1 aromatic carbocycles. The van der Waals surface area contributed by atoms with Crippen molar-refractivity contribution in [1.29, 1.82) is 0 Å². The second-order valence-electron chi connectivity index (χ2n) is 2.51. The monoisotopic (exact) mass is 196 g/mol. The average molecular weight is 196 g/mol. The summed E-state index contributed by atoms with van der Waals surface area (Å²) in [7, 11) is 0. The van der Waals surface area contributed by atoms with Gasteiger partial charge in [0.05, 0.1) is 0 Å². The summed E-state index contributed by atoms with van der Waals surface area (Å²) in [6.07, 6.45) is 5.23. The van der Waals surface area contributed by atoms with E-state index in [0.717, 1.165) is 17.1 Å². The Morgan fingerprint density at radius 1 is 1.33 bits per heavy atom. The number of hydrogen-bond donors (Lipinski definition) is 2. The first-order chi connectivity index (χ1) is 5.83. The van der Waals surface area contributed by atoms with Crippen LogP contribution in [-0.2, 0) is 0 Å². The van der Waals surface area contributed by atoms with Crippen molar-refractivity contribution < 1.29 is 0 Å². The Hall–Kier alpha value is -0.340. The maximum absolute atomic E-state index is 4.25. The zero-order chi connectivity index (χ0) is 8.81. The van der Waals surface area contributed by atoms with E-state index < -0.39 is 0 Å². The van der Waals surface area contributed by atoms with E-state index in [9.17, 15) is 0 Å².